The second-order valence-corrected chi connectivity index (χ2v) is 4.58. The van der Waals surface area contributed by atoms with Crippen LogP contribution in [0.2, 0.25) is 0 Å². The van der Waals surface area contributed by atoms with Crippen LogP contribution >= 0.6 is 0 Å². The van der Waals surface area contributed by atoms with Gasteiger partial charge in [0, 0.05) is 12.6 Å². The normalized spacial score (nSPS) is 29.1. The molecule has 1 aromatic rings. The van der Waals surface area contributed by atoms with Crippen molar-refractivity contribution >= 4 is 17.3 Å². The average molecular weight is 217 g/mol. The molecule has 3 saturated heterocycles. The van der Waals surface area contributed by atoms with E-state index in [0.29, 0.717) is 11.7 Å². The standard InChI is InChI=1S/C12H15N3O/c1-14-8-6-11(14)12(16)15(7-8)10-5-3-2-4-9(10)13/h2-5,8,11H,6-7,13H2,1H3. The minimum atomic E-state index is 0.0679. The smallest absolute Gasteiger partial charge is 0.244 e. The topological polar surface area (TPSA) is 49.6 Å². The molecule has 2 N–H and O–H groups in total. The van der Waals surface area contributed by atoms with Crippen LogP contribution in [-0.2, 0) is 4.79 Å². The summed E-state index contributed by atoms with van der Waals surface area (Å²) in [5, 5.41) is 0. The number of nitrogens with two attached hydrogens (primary N) is 1. The summed E-state index contributed by atoms with van der Waals surface area (Å²) in [7, 11) is 2.02. The lowest BCUT2D eigenvalue weighted by Crippen LogP contribution is -2.70. The number of nitrogen functional groups attached to an aromatic ring is 1. The Bertz CT molecular complexity index is 446. The lowest BCUT2D eigenvalue weighted by atomic mass is 9.87. The minimum absolute atomic E-state index is 0.0679. The van der Waals surface area contributed by atoms with Gasteiger partial charge in [-0.05, 0) is 25.6 Å². The largest absolute Gasteiger partial charge is 0.397 e. The Morgan fingerprint density at radius 3 is 2.75 bits per heavy atom. The van der Waals surface area contributed by atoms with Crippen molar-refractivity contribution in [3.63, 3.8) is 0 Å². The quantitative estimate of drug-likeness (QED) is 0.704. The number of nitrogens with zero attached hydrogens (tertiary/aromatic N) is 2. The van der Waals surface area contributed by atoms with Gasteiger partial charge in [0.2, 0.25) is 5.91 Å². The predicted octanol–water partition coefficient (Wildman–Crippen LogP) is 0.688. The molecule has 4 heteroatoms. The number of likely N-dealkylation sites (N-methyl/N-ethyl adjacent to an activating group) is 1. The molecule has 3 heterocycles. The fourth-order valence-corrected chi connectivity index (χ4v) is 2.62. The number of hydrogen-bond donors (Lipinski definition) is 1. The van der Waals surface area contributed by atoms with Crippen molar-refractivity contribution in [1.82, 2.24) is 4.90 Å². The predicted molar refractivity (Wildman–Crippen MR) is 63.2 cm³/mol. The Kier molecular flexibility index (Phi) is 1.94. The molecule has 2 bridgehead atoms. The summed E-state index contributed by atoms with van der Waals surface area (Å²) < 4.78 is 0. The van der Waals surface area contributed by atoms with Gasteiger partial charge in [0.25, 0.3) is 0 Å². The van der Waals surface area contributed by atoms with Gasteiger partial charge >= 0.3 is 0 Å². The van der Waals surface area contributed by atoms with Crippen molar-refractivity contribution < 1.29 is 4.79 Å². The van der Waals surface area contributed by atoms with Crippen LogP contribution in [0.1, 0.15) is 6.42 Å². The molecule has 84 valence electrons. The van der Waals surface area contributed by atoms with E-state index in [9.17, 15) is 4.79 Å². The third kappa shape index (κ3) is 1.16. The van der Waals surface area contributed by atoms with Crippen molar-refractivity contribution in [3.05, 3.63) is 24.3 Å². The Balaban J connectivity index is 1.93. The number of hydrogen-bond acceptors (Lipinski definition) is 3. The molecule has 16 heavy (non-hydrogen) atoms. The van der Waals surface area contributed by atoms with Gasteiger partial charge in [0.15, 0.2) is 0 Å². The minimum Gasteiger partial charge on any atom is -0.397 e. The monoisotopic (exact) mass is 217 g/mol. The number of fused-ring (bicyclic) bond motifs is 2. The second-order valence-electron chi connectivity index (χ2n) is 4.58. The van der Waals surface area contributed by atoms with Gasteiger partial charge in [0.1, 0.15) is 0 Å². The number of piperidine rings is 1. The van der Waals surface area contributed by atoms with E-state index in [1.807, 2.05) is 36.2 Å². The molecule has 2 unspecified atom stereocenters. The van der Waals surface area contributed by atoms with Gasteiger partial charge in [-0.2, -0.15) is 0 Å². The molecule has 1 aromatic carbocycles. The van der Waals surface area contributed by atoms with Crippen LogP contribution in [0.5, 0.6) is 0 Å². The highest BCUT2D eigenvalue weighted by Gasteiger charge is 2.48. The van der Waals surface area contributed by atoms with E-state index in [1.165, 1.54) is 0 Å². The fourth-order valence-electron chi connectivity index (χ4n) is 2.62. The maximum atomic E-state index is 12.2. The van der Waals surface area contributed by atoms with E-state index in [2.05, 4.69) is 4.90 Å². The maximum Gasteiger partial charge on any atom is 0.244 e. The summed E-state index contributed by atoms with van der Waals surface area (Å²) >= 11 is 0. The van der Waals surface area contributed by atoms with E-state index < -0.39 is 0 Å². The number of carbonyl (C=O) groups is 1. The summed E-state index contributed by atoms with van der Waals surface area (Å²) in [6.07, 6.45) is 0.999. The van der Waals surface area contributed by atoms with Crippen molar-refractivity contribution in [1.29, 1.82) is 0 Å². The molecule has 0 aromatic heterocycles. The number of anilines is 2. The third-order valence-corrected chi connectivity index (χ3v) is 3.73. The summed E-state index contributed by atoms with van der Waals surface area (Å²) in [4.78, 5) is 16.1. The molecule has 0 saturated carbocycles. The van der Waals surface area contributed by atoms with Crippen LogP contribution in [0.3, 0.4) is 0 Å². The van der Waals surface area contributed by atoms with Crippen molar-refractivity contribution in [2.45, 2.75) is 18.5 Å². The van der Waals surface area contributed by atoms with Crippen LogP contribution in [0, 0.1) is 0 Å². The summed E-state index contributed by atoms with van der Waals surface area (Å²) in [6, 6.07) is 8.13. The molecule has 3 fully saturated rings. The van der Waals surface area contributed by atoms with Crippen LogP contribution in [-0.4, -0.2) is 36.5 Å². The van der Waals surface area contributed by atoms with Crippen LogP contribution in [0.4, 0.5) is 11.4 Å². The number of rotatable bonds is 1. The average Bonchev–Trinajstić information content (AvgIpc) is 2.29. The van der Waals surface area contributed by atoms with Crippen LogP contribution in [0.25, 0.3) is 0 Å². The van der Waals surface area contributed by atoms with E-state index in [1.54, 1.807) is 0 Å². The zero-order valence-corrected chi connectivity index (χ0v) is 9.26. The highest BCUT2D eigenvalue weighted by Crippen LogP contribution is 2.35. The summed E-state index contributed by atoms with van der Waals surface area (Å²) in [5.41, 5.74) is 7.44. The zero-order valence-electron chi connectivity index (χ0n) is 9.26. The summed E-state index contributed by atoms with van der Waals surface area (Å²) in [5.74, 6) is 0.183. The number of para-hydroxylation sites is 2. The lowest BCUT2D eigenvalue weighted by Gasteiger charge is -2.53. The molecule has 3 aliphatic rings. The first-order valence-electron chi connectivity index (χ1n) is 5.56. The molecule has 2 atom stereocenters. The Morgan fingerprint density at radius 1 is 1.38 bits per heavy atom. The second kappa shape index (κ2) is 3.22. The highest BCUT2D eigenvalue weighted by atomic mass is 16.2. The molecular formula is C12H15N3O. The van der Waals surface area contributed by atoms with E-state index >= 15 is 0 Å². The Labute approximate surface area is 94.6 Å². The summed E-state index contributed by atoms with van der Waals surface area (Å²) in [6.45, 7) is 0.764. The van der Waals surface area contributed by atoms with Gasteiger partial charge in [-0.3, -0.25) is 9.69 Å². The molecule has 0 spiro atoms. The molecule has 3 aliphatic heterocycles. The molecule has 1 amide bonds. The van der Waals surface area contributed by atoms with Crippen LogP contribution < -0.4 is 10.6 Å². The molecular weight excluding hydrogens is 202 g/mol. The Morgan fingerprint density at radius 2 is 2.12 bits per heavy atom. The highest BCUT2D eigenvalue weighted by molar-refractivity contribution is 6.01. The van der Waals surface area contributed by atoms with Gasteiger partial charge in [0.05, 0.1) is 17.4 Å². The molecule has 0 radical (unpaired) electrons. The number of amides is 1. The SMILES string of the molecule is CN1C2CC1C(=O)N(c1ccccc1N)C2. The molecule has 0 aliphatic carbocycles. The number of piperazine rings is 1. The number of carbonyl (C=O) groups excluding carboxylic acids is 1. The molecule has 4 nitrogen and oxygen atoms in total. The first kappa shape index (κ1) is 9.66. The third-order valence-electron chi connectivity index (χ3n) is 3.73. The zero-order chi connectivity index (χ0) is 11.3. The lowest BCUT2D eigenvalue weighted by molar-refractivity contribution is -0.135. The van der Waals surface area contributed by atoms with E-state index in [0.717, 1.165) is 18.7 Å². The van der Waals surface area contributed by atoms with Gasteiger partial charge in [-0.25, -0.2) is 0 Å². The van der Waals surface area contributed by atoms with Gasteiger partial charge in [-0.15, -0.1) is 0 Å². The molecule has 4 rings (SSSR count). The van der Waals surface area contributed by atoms with Crippen molar-refractivity contribution in [2.24, 2.45) is 0 Å². The van der Waals surface area contributed by atoms with Gasteiger partial charge in [-0.1, -0.05) is 12.1 Å². The first-order chi connectivity index (χ1) is 7.68. The fraction of sp³-hybridized carbons (Fsp3) is 0.417. The van der Waals surface area contributed by atoms with Crippen molar-refractivity contribution in [3.8, 4) is 0 Å². The van der Waals surface area contributed by atoms with Crippen LogP contribution in [0.15, 0.2) is 24.3 Å². The van der Waals surface area contributed by atoms with E-state index in [-0.39, 0.29) is 11.9 Å². The first-order valence-corrected chi connectivity index (χ1v) is 5.56. The Hall–Kier alpha value is -1.55. The van der Waals surface area contributed by atoms with Gasteiger partial charge < -0.3 is 10.6 Å². The van der Waals surface area contributed by atoms with E-state index in [4.69, 9.17) is 5.73 Å². The number of benzene rings is 1. The van der Waals surface area contributed by atoms with Crippen molar-refractivity contribution in [2.75, 3.05) is 24.2 Å². The maximum absolute atomic E-state index is 12.2.